The van der Waals surface area contributed by atoms with E-state index in [1.807, 2.05) is 30.1 Å². The molecule has 1 N–H and O–H groups in total. The van der Waals surface area contributed by atoms with Gasteiger partial charge in [0.2, 0.25) is 11.8 Å². The number of carbonyl (C=O) groups excluding carboxylic acids is 2. The zero-order valence-electron chi connectivity index (χ0n) is 16.0. The van der Waals surface area contributed by atoms with E-state index in [-0.39, 0.29) is 30.7 Å². The Morgan fingerprint density at radius 1 is 1.11 bits per heavy atom. The zero-order valence-corrected chi connectivity index (χ0v) is 17.6. The van der Waals surface area contributed by atoms with Crippen LogP contribution in [0.3, 0.4) is 0 Å². The second-order valence-corrected chi connectivity index (χ2v) is 7.35. The summed E-state index contributed by atoms with van der Waals surface area (Å²) in [4.78, 5) is 27.7. The van der Waals surface area contributed by atoms with Crippen LogP contribution in [0.15, 0.2) is 46.9 Å². The molecule has 28 heavy (non-hydrogen) atoms. The predicted octanol–water partition coefficient (Wildman–Crippen LogP) is 3.13. The second kappa shape index (κ2) is 10.2. The van der Waals surface area contributed by atoms with Crippen LogP contribution in [0.4, 0.5) is 10.1 Å². The fourth-order valence-electron chi connectivity index (χ4n) is 2.61. The van der Waals surface area contributed by atoms with Crippen molar-refractivity contribution in [2.45, 2.75) is 6.54 Å². The summed E-state index contributed by atoms with van der Waals surface area (Å²) >= 11 is 3.43. The van der Waals surface area contributed by atoms with Crippen LogP contribution >= 0.6 is 15.9 Å². The van der Waals surface area contributed by atoms with Gasteiger partial charge in [-0.25, -0.2) is 4.39 Å². The second-order valence-electron chi connectivity index (χ2n) is 6.43. The maximum Gasteiger partial charge on any atom is 0.243 e. The van der Waals surface area contributed by atoms with Crippen LogP contribution < -0.4 is 10.1 Å². The maximum atomic E-state index is 12.9. The van der Waals surface area contributed by atoms with E-state index in [0.29, 0.717) is 12.2 Å². The van der Waals surface area contributed by atoms with Crippen LogP contribution in [0.5, 0.6) is 5.75 Å². The third-order valence-electron chi connectivity index (χ3n) is 4.02. The van der Waals surface area contributed by atoms with E-state index in [1.165, 1.54) is 29.2 Å². The molecule has 6 nitrogen and oxygen atoms in total. The van der Waals surface area contributed by atoms with Crippen LogP contribution in [0.2, 0.25) is 0 Å². The van der Waals surface area contributed by atoms with Crippen LogP contribution in [-0.2, 0) is 16.1 Å². The van der Waals surface area contributed by atoms with Crippen molar-refractivity contribution in [1.29, 1.82) is 0 Å². The van der Waals surface area contributed by atoms with Crippen molar-refractivity contribution in [2.24, 2.45) is 0 Å². The summed E-state index contributed by atoms with van der Waals surface area (Å²) in [5.74, 6) is -0.172. The molecule has 0 aliphatic rings. The van der Waals surface area contributed by atoms with Crippen molar-refractivity contribution < 1.29 is 18.7 Å². The smallest absolute Gasteiger partial charge is 0.243 e. The van der Waals surface area contributed by atoms with Crippen molar-refractivity contribution in [1.82, 2.24) is 9.80 Å². The van der Waals surface area contributed by atoms with Crippen molar-refractivity contribution in [2.75, 3.05) is 39.6 Å². The topological polar surface area (TPSA) is 61.9 Å². The van der Waals surface area contributed by atoms with Crippen LogP contribution in [-0.4, -0.2) is 55.9 Å². The molecule has 2 aromatic rings. The molecule has 2 amide bonds. The standard InChI is InChI=1S/C20H23BrFN3O3/c1-24(11-14-10-15(21)4-9-18(14)28-3)13-20(27)25(2)12-19(26)23-17-7-5-16(22)6-8-17/h4-10H,11-13H2,1-3H3,(H,23,26). The summed E-state index contributed by atoms with van der Waals surface area (Å²) in [6, 6.07) is 11.1. The predicted molar refractivity (Wildman–Crippen MR) is 110 cm³/mol. The lowest BCUT2D eigenvalue weighted by atomic mass is 10.2. The lowest BCUT2D eigenvalue weighted by molar-refractivity contribution is -0.134. The first-order valence-electron chi connectivity index (χ1n) is 8.59. The van der Waals surface area contributed by atoms with E-state index in [9.17, 15) is 14.0 Å². The van der Waals surface area contributed by atoms with Gasteiger partial charge in [-0.1, -0.05) is 15.9 Å². The number of anilines is 1. The van der Waals surface area contributed by atoms with Gasteiger partial charge in [-0.05, 0) is 49.5 Å². The first-order valence-corrected chi connectivity index (χ1v) is 9.38. The maximum absolute atomic E-state index is 12.9. The Balaban J connectivity index is 1.86. The monoisotopic (exact) mass is 451 g/mol. The summed E-state index contributed by atoms with van der Waals surface area (Å²) in [7, 11) is 5.00. The van der Waals surface area contributed by atoms with Gasteiger partial charge in [-0.2, -0.15) is 0 Å². The molecule has 8 heteroatoms. The van der Waals surface area contributed by atoms with E-state index in [4.69, 9.17) is 4.74 Å². The minimum Gasteiger partial charge on any atom is -0.496 e. The lowest BCUT2D eigenvalue weighted by Crippen LogP contribution is -2.40. The molecule has 0 aromatic heterocycles. The summed E-state index contributed by atoms with van der Waals surface area (Å²) in [5.41, 5.74) is 1.43. The number of nitrogens with zero attached hydrogens (tertiary/aromatic N) is 2. The highest BCUT2D eigenvalue weighted by molar-refractivity contribution is 9.10. The lowest BCUT2D eigenvalue weighted by Gasteiger charge is -2.22. The quantitative estimate of drug-likeness (QED) is 0.669. The third-order valence-corrected chi connectivity index (χ3v) is 4.52. The van der Waals surface area contributed by atoms with Crippen molar-refractivity contribution in [3.05, 3.63) is 58.3 Å². The molecule has 150 valence electrons. The van der Waals surface area contributed by atoms with Crippen molar-refractivity contribution in [3.8, 4) is 5.75 Å². The highest BCUT2D eigenvalue weighted by Gasteiger charge is 2.16. The van der Waals surface area contributed by atoms with E-state index in [2.05, 4.69) is 21.2 Å². The van der Waals surface area contributed by atoms with Crippen LogP contribution in [0.1, 0.15) is 5.56 Å². The number of halogens is 2. The number of hydrogen-bond donors (Lipinski definition) is 1. The third kappa shape index (κ3) is 6.61. The van der Waals surface area contributed by atoms with Gasteiger partial charge in [0.05, 0.1) is 20.2 Å². The van der Waals surface area contributed by atoms with Crippen molar-refractivity contribution in [3.63, 3.8) is 0 Å². The average Bonchev–Trinajstić information content (AvgIpc) is 2.63. The molecule has 0 aliphatic carbocycles. The number of rotatable bonds is 8. The molecular weight excluding hydrogens is 429 g/mol. The van der Waals surface area contributed by atoms with Gasteiger partial charge in [0.15, 0.2) is 0 Å². The largest absolute Gasteiger partial charge is 0.496 e. The Hall–Kier alpha value is -2.45. The summed E-state index contributed by atoms with van der Waals surface area (Å²) in [5, 5.41) is 2.63. The number of benzene rings is 2. The first kappa shape index (κ1) is 21.8. The van der Waals surface area contributed by atoms with Gasteiger partial charge in [-0.15, -0.1) is 0 Å². The number of ether oxygens (including phenoxy) is 1. The fourth-order valence-corrected chi connectivity index (χ4v) is 3.01. The van der Waals surface area contributed by atoms with E-state index >= 15 is 0 Å². The van der Waals surface area contributed by atoms with E-state index in [0.717, 1.165) is 15.8 Å². The van der Waals surface area contributed by atoms with E-state index < -0.39 is 0 Å². The van der Waals surface area contributed by atoms with Gasteiger partial charge < -0.3 is 15.0 Å². The normalized spacial score (nSPS) is 10.6. The fraction of sp³-hybridized carbons (Fsp3) is 0.300. The molecular formula is C20H23BrFN3O3. The van der Waals surface area contributed by atoms with Crippen LogP contribution in [0.25, 0.3) is 0 Å². The molecule has 2 aromatic carbocycles. The summed E-state index contributed by atoms with van der Waals surface area (Å²) in [6.45, 7) is 0.574. The Bertz CT molecular complexity index is 830. The number of amides is 2. The summed E-state index contributed by atoms with van der Waals surface area (Å²) < 4.78 is 19.2. The van der Waals surface area contributed by atoms with E-state index in [1.54, 1.807) is 14.2 Å². The molecule has 0 atom stereocenters. The van der Waals surface area contributed by atoms with Gasteiger partial charge in [0.25, 0.3) is 0 Å². The molecule has 0 unspecified atom stereocenters. The number of carbonyl (C=O) groups is 2. The van der Waals surface area contributed by atoms with Crippen LogP contribution in [0, 0.1) is 5.82 Å². The number of nitrogens with one attached hydrogen (secondary N) is 1. The van der Waals surface area contributed by atoms with Gasteiger partial charge in [-0.3, -0.25) is 14.5 Å². The average molecular weight is 452 g/mol. The Labute approximate surface area is 172 Å². The number of likely N-dealkylation sites (N-methyl/N-ethyl adjacent to an activating group) is 2. The molecule has 2 rings (SSSR count). The molecule has 0 fully saturated rings. The van der Waals surface area contributed by atoms with Gasteiger partial charge in [0, 0.05) is 29.3 Å². The van der Waals surface area contributed by atoms with Gasteiger partial charge in [0.1, 0.15) is 11.6 Å². The molecule has 0 heterocycles. The molecule has 0 spiro atoms. The van der Waals surface area contributed by atoms with Crippen molar-refractivity contribution >= 4 is 33.4 Å². The molecule has 0 saturated carbocycles. The number of hydrogen-bond acceptors (Lipinski definition) is 4. The number of methoxy groups -OCH3 is 1. The SMILES string of the molecule is COc1ccc(Br)cc1CN(C)CC(=O)N(C)CC(=O)Nc1ccc(F)cc1. The Kier molecular flexibility index (Phi) is 7.95. The highest BCUT2D eigenvalue weighted by atomic mass is 79.9. The summed E-state index contributed by atoms with van der Waals surface area (Å²) in [6.07, 6.45) is 0. The van der Waals surface area contributed by atoms with Gasteiger partial charge >= 0.3 is 0 Å². The minimum atomic E-state index is -0.379. The molecule has 0 bridgehead atoms. The highest BCUT2D eigenvalue weighted by Crippen LogP contribution is 2.24. The Morgan fingerprint density at radius 3 is 2.43 bits per heavy atom. The Morgan fingerprint density at radius 2 is 1.79 bits per heavy atom. The molecule has 0 saturated heterocycles. The first-order chi connectivity index (χ1) is 13.3. The minimum absolute atomic E-state index is 0.0930. The molecule has 0 radical (unpaired) electrons. The molecule has 0 aliphatic heterocycles. The zero-order chi connectivity index (χ0) is 20.7.